The summed E-state index contributed by atoms with van der Waals surface area (Å²) in [6.45, 7) is 15.1. The number of hydrogen-bond acceptors (Lipinski definition) is 2. The Morgan fingerprint density at radius 3 is 1.69 bits per heavy atom. The molecule has 2 aromatic carbocycles. The van der Waals surface area contributed by atoms with Gasteiger partial charge in [-0.2, -0.15) is 22.0 Å². The lowest BCUT2D eigenvalue weighted by molar-refractivity contribution is -0.284. The summed E-state index contributed by atoms with van der Waals surface area (Å²) in [6, 6.07) is 14.2. The first-order valence-electron chi connectivity index (χ1n) is 25.6. The Balaban J connectivity index is 0.000000223. The van der Waals surface area contributed by atoms with E-state index in [0.717, 1.165) is 89.4 Å². The molecule has 0 heterocycles. The molecule has 13 atom stereocenters. The Morgan fingerprint density at radius 1 is 0.672 bits per heavy atom. The van der Waals surface area contributed by atoms with Gasteiger partial charge in [-0.25, -0.2) is 0 Å². The molecule has 0 saturated heterocycles. The van der Waals surface area contributed by atoms with Crippen LogP contribution in [0.1, 0.15) is 188 Å². The van der Waals surface area contributed by atoms with E-state index in [-0.39, 0.29) is 35.4 Å². The molecule has 0 spiro atoms. The van der Waals surface area contributed by atoms with Crippen molar-refractivity contribution in [2.75, 3.05) is 0 Å². The first kappa shape index (κ1) is 49.4. The van der Waals surface area contributed by atoms with Crippen molar-refractivity contribution in [3.05, 3.63) is 94.6 Å². The number of benzene rings is 2. The standard InChI is InChI=1S/C35H51F5O.C22H30O/c1-24(13-11-20-34(36,37)35(38,39)40)12-9-7-5-4-6-8-10-14-26-23-27-22-25(2)15-16-28(27)29-19-21-33(3)30(32(26)29)17-18-31(33)41;1-4-5-15-13-16-12-14(2)6-7-17(16)18-10-11-22(3)19(21(15)18)8-9-20(22)23/h8,10,15-16,22,24,26,29-32,41H,4-7,9,11-14,17-21,23H2,1-3H3;4,6-7,12,15,18-21,23H,1,5,8-11,13H2,2-3H3/t24?,26-,29?,30?,31+,32?,33+;15-,18?,19?,20+,21?,22+/m11/s1. The highest BCUT2D eigenvalue weighted by Gasteiger charge is 2.58. The number of alkyl halides is 5. The molecule has 8 rings (SSSR count). The van der Waals surface area contributed by atoms with E-state index >= 15 is 0 Å². The van der Waals surface area contributed by atoms with Gasteiger partial charge in [-0.05, 0) is 197 Å². The van der Waals surface area contributed by atoms with Crippen LogP contribution in [0.15, 0.2) is 61.2 Å². The van der Waals surface area contributed by atoms with E-state index in [9.17, 15) is 32.2 Å². The molecule has 7 heteroatoms. The number of halogens is 5. The van der Waals surface area contributed by atoms with Crippen molar-refractivity contribution in [3.8, 4) is 0 Å². The van der Waals surface area contributed by atoms with Crippen molar-refractivity contribution < 1.29 is 32.2 Å². The monoisotopic (exact) mass is 893 g/mol. The summed E-state index contributed by atoms with van der Waals surface area (Å²) in [7, 11) is 0. The molecule has 0 radical (unpaired) electrons. The first-order valence-corrected chi connectivity index (χ1v) is 25.6. The number of fused-ring (bicyclic) bond motifs is 10. The zero-order chi connectivity index (χ0) is 46.0. The molecule has 7 unspecified atom stereocenters. The molecule has 0 bridgehead atoms. The minimum atomic E-state index is -5.44. The molecule has 64 heavy (non-hydrogen) atoms. The summed E-state index contributed by atoms with van der Waals surface area (Å²) >= 11 is 0. The fourth-order valence-corrected chi connectivity index (χ4v) is 14.9. The van der Waals surface area contributed by atoms with Crippen molar-refractivity contribution >= 4 is 0 Å². The molecule has 2 N–H and O–H groups in total. The SMILES string of the molecule is C=CC[C@@H]1Cc2cc(C)ccc2C2CC[C@@]3(C)C(CC[C@@H]3O)C21.Cc1ccc2c(c1)C[C@@H](CC=CCCCCCCC(C)CCCC(F)(F)C(F)(F)F)C1C2CC[C@@]2(C)C1CC[C@@H]2O. The van der Waals surface area contributed by atoms with E-state index in [1.54, 1.807) is 16.7 Å². The van der Waals surface area contributed by atoms with Gasteiger partial charge >= 0.3 is 12.1 Å². The van der Waals surface area contributed by atoms with Crippen LogP contribution in [0.25, 0.3) is 0 Å². The van der Waals surface area contributed by atoms with E-state index in [4.69, 9.17) is 0 Å². The van der Waals surface area contributed by atoms with Gasteiger partial charge in [0, 0.05) is 6.42 Å². The minimum absolute atomic E-state index is 0.0664. The summed E-state index contributed by atoms with van der Waals surface area (Å²) in [5.74, 6) is 0.931. The topological polar surface area (TPSA) is 40.5 Å². The van der Waals surface area contributed by atoms with Crippen molar-refractivity contribution in [3.63, 3.8) is 0 Å². The van der Waals surface area contributed by atoms with Gasteiger partial charge in [-0.1, -0.05) is 119 Å². The minimum Gasteiger partial charge on any atom is -0.393 e. The largest absolute Gasteiger partial charge is 0.453 e. The molecule has 6 aliphatic carbocycles. The van der Waals surface area contributed by atoms with E-state index in [1.807, 2.05) is 6.92 Å². The molecular formula is C57H81F5O2. The maximum absolute atomic E-state index is 13.1. The van der Waals surface area contributed by atoms with Gasteiger partial charge in [0.05, 0.1) is 12.2 Å². The molecule has 2 nitrogen and oxygen atoms in total. The molecule has 6 aliphatic rings. The zero-order valence-corrected chi connectivity index (χ0v) is 39.9. The third-order valence-electron chi connectivity index (χ3n) is 18.5. The highest BCUT2D eigenvalue weighted by molar-refractivity contribution is 5.40. The molecule has 356 valence electrons. The van der Waals surface area contributed by atoms with Crippen LogP contribution in [0.4, 0.5) is 22.0 Å². The summed E-state index contributed by atoms with van der Waals surface area (Å²) < 4.78 is 63.0. The van der Waals surface area contributed by atoms with Gasteiger partial charge < -0.3 is 10.2 Å². The van der Waals surface area contributed by atoms with Crippen LogP contribution < -0.4 is 0 Å². The smallest absolute Gasteiger partial charge is 0.393 e. The number of aliphatic hydroxyl groups excluding tert-OH is 2. The van der Waals surface area contributed by atoms with Crippen LogP contribution in [0.3, 0.4) is 0 Å². The van der Waals surface area contributed by atoms with Gasteiger partial charge in [0.15, 0.2) is 0 Å². The van der Waals surface area contributed by atoms with Crippen LogP contribution in [0, 0.1) is 66.1 Å². The Hall–Kier alpha value is -2.51. The Labute approximate surface area is 383 Å². The maximum Gasteiger partial charge on any atom is 0.453 e. The van der Waals surface area contributed by atoms with E-state index in [1.165, 1.54) is 48.8 Å². The van der Waals surface area contributed by atoms with Gasteiger partial charge in [-0.3, -0.25) is 0 Å². The predicted octanol–water partition coefficient (Wildman–Crippen LogP) is 15.7. The molecule has 4 saturated carbocycles. The lowest BCUT2D eigenvalue weighted by Gasteiger charge is -2.53. The van der Waals surface area contributed by atoms with Crippen molar-refractivity contribution in [2.45, 2.75) is 206 Å². The number of unbranched alkanes of at least 4 members (excludes halogenated alkanes) is 4. The third kappa shape index (κ3) is 10.3. The van der Waals surface area contributed by atoms with Crippen LogP contribution in [0.5, 0.6) is 0 Å². The highest BCUT2D eigenvalue weighted by Crippen LogP contribution is 2.64. The maximum atomic E-state index is 13.1. The lowest BCUT2D eigenvalue weighted by atomic mass is 9.52. The summed E-state index contributed by atoms with van der Waals surface area (Å²) in [5.41, 5.74) is 9.25. The molecule has 0 aromatic heterocycles. The van der Waals surface area contributed by atoms with E-state index in [2.05, 4.69) is 88.9 Å². The average Bonchev–Trinajstić information content (AvgIpc) is 3.72. The Kier molecular flexibility index (Phi) is 15.7. The first-order chi connectivity index (χ1) is 30.4. The fourth-order valence-electron chi connectivity index (χ4n) is 14.9. The lowest BCUT2D eigenvalue weighted by Crippen LogP contribution is -2.47. The van der Waals surface area contributed by atoms with Gasteiger partial charge in [0.2, 0.25) is 0 Å². The summed E-state index contributed by atoms with van der Waals surface area (Å²) in [4.78, 5) is 0. The van der Waals surface area contributed by atoms with Gasteiger partial charge in [0.1, 0.15) is 0 Å². The van der Waals surface area contributed by atoms with E-state index in [0.29, 0.717) is 47.8 Å². The van der Waals surface area contributed by atoms with Crippen LogP contribution in [0.2, 0.25) is 0 Å². The van der Waals surface area contributed by atoms with Gasteiger partial charge in [-0.15, -0.1) is 6.58 Å². The number of hydrogen-bond donors (Lipinski definition) is 2. The Bertz CT molecular complexity index is 1900. The fraction of sp³-hybridized carbons (Fsp3) is 0.719. The normalized spacial score (nSPS) is 34.7. The summed E-state index contributed by atoms with van der Waals surface area (Å²) in [5, 5.41) is 21.5. The second-order valence-electron chi connectivity index (χ2n) is 22.6. The number of allylic oxidation sites excluding steroid dienone is 3. The van der Waals surface area contributed by atoms with E-state index < -0.39 is 18.5 Å². The summed E-state index contributed by atoms with van der Waals surface area (Å²) in [6.07, 6.45) is 20.3. The molecular weight excluding hydrogens is 812 g/mol. The molecule has 0 aliphatic heterocycles. The van der Waals surface area contributed by atoms with Crippen molar-refractivity contribution in [2.24, 2.45) is 52.3 Å². The van der Waals surface area contributed by atoms with Crippen molar-refractivity contribution in [1.29, 1.82) is 0 Å². The molecule has 2 aromatic rings. The average molecular weight is 893 g/mol. The predicted molar refractivity (Wildman–Crippen MR) is 252 cm³/mol. The van der Waals surface area contributed by atoms with Crippen molar-refractivity contribution in [1.82, 2.24) is 0 Å². The Morgan fingerprint density at radius 2 is 1.17 bits per heavy atom. The zero-order valence-electron chi connectivity index (χ0n) is 39.9. The van der Waals surface area contributed by atoms with Crippen LogP contribution in [-0.2, 0) is 12.8 Å². The second-order valence-corrected chi connectivity index (χ2v) is 22.6. The van der Waals surface area contributed by atoms with Crippen LogP contribution >= 0.6 is 0 Å². The highest BCUT2D eigenvalue weighted by atomic mass is 19.4. The third-order valence-corrected chi connectivity index (χ3v) is 18.5. The number of aryl methyl sites for hydroxylation is 2. The number of aliphatic hydroxyl groups is 2. The molecule has 0 amide bonds. The quantitative estimate of drug-likeness (QED) is 0.106. The molecule has 4 fully saturated rings. The van der Waals surface area contributed by atoms with Gasteiger partial charge in [0.25, 0.3) is 0 Å². The number of rotatable bonds is 15. The van der Waals surface area contributed by atoms with Crippen LogP contribution in [-0.4, -0.2) is 34.5 Å². The second kappa shape index (κ2) is 20.4.